The monoisotopic (exact) mass is 224 g/mol. The molecule has 0 aliphatic heterocycles. The van der Waals surface area contributed by atoms with Crippen molar-refractivity contribution in [2.75, 3.05) is 13.6 Å². The van der Waals surface area contributed by atoms with E-state index in [2.05, 4.69) is 11.7 Å². The van der Waals surface area contributed by atoms with E-state index in [0.717, 1.165) is 0 Å². The second-order valence-electron chi connectivity index (χ2n) is 2.90. The second kappa shape index (κ2) is 5.31. The smallest absolute Gasteiger partial charge is 0.277 e. The number of oxime groups is 1. The first-order valence-electron chi connectivity index (χ1n) is 4.33. The van der Waals surface area contributed by atoms with Gasteiger partial charge in [0.2, 0.25) is 0 Å². The molecule has 0 aromatic carbocycles. The molecule has 0 atom stereocenters. The zero-order valence-corrected chi connectivity index (χ0v) is 9.20. The minimum absolute atomic E-state index is 0.0642. The van der Waals surface area contributed by atoms with Gasteiger partial charge in [-0.1, -0.05) is 17.3 Å². The Bertz CT molecular complexity index is 371. The fraction of sp³-hybridized carbons (Fsp3) is 0.200. The molecule has 1 N–H and O–H groups in total. The van der Waals surface area contributed by atoms with Crippen molar-refractivity contribution >= 4 is 23.0 Å². The summed E-state index contributed by atoms with van der Waals surface area (Å²) in [4.78, 5) is 13.8. The Hall–Kier alpha value is -1.62. The number of carbonyl (C=O) groups excluding carboxylic acids is 1. The molecule has 0 bridgehead atoms. The van der Waals surface area contributed by atoms with E-state index in [1.54, 1.807) is 25.3 Å². The van der Waals surface area contributed by atoms with Crippen LogP contribution in [0, 0.1) is 0 Å². The Balaban J connectivity index is 2.86. The summed E-state index contributed by atoms with van der Waals surface area (Å²) < 4.78 is 0. The Morgan fingerprint density at radius 1 is 1.80 bits per heavy atom. The summed E-state index contributed by atoms with van der Waals surface area (Å²) in [5.74, 6) is -0.320. The molecule has 0 fully saturated rings. The van der Waals surface area contributed by atoms with E-state index in [1.807, 2.05) is 5.38 Å². The van der Waals surface area contributed by atoms with Crippen LogP contribution in [0.2, 0.25) is 0 Å². The van der Waals surface area contributed by atoms with E-state index in [0.29, 0.717) is 11.4 Å². The van der Waals surface area contributed by atoms with Gasteiger partial charge in [-0.05, 0) is 11.4 Å². The molecule has 0 saturated carbocycles. The van der Waals surface area contributed by atoms with Crippen molar-refractivity contribution in [3.05, 3.63) is 35.0 Å². The summed E-state index contributed by atoms with van der Waals surface area (Å²) in [7, 11) is 1.63. The molecular formula is C10H12N2O2S. The summed E-state index contributed by atoms with van der Waals surface area (Å²) in [5.41, 5.74) is 0.0642. The molecule has 0 aliphatic carbocycles. The predicted octanol–water partition coefficient (Wildman–Crippen LogP) is 1.57. The van der Waals surface area contributed by atoms with Gasteiger partial charge >= 0.3 is 0 Å². The van der Waals surface area contributed by atoms with Gasteiger partial charge < -0.3 is 10.1 Å². The SMILES string of the molecule is C=CCN(C)C(=O)/C(=N\O)c1cccs1. The highest BCUT2D eigenvalue weighted by Crippen LogP contribution is 2.11. The third-order valence-corrected chi connectivity index (χ3v) is 2.68. The van der Waals surface area contributed by atoms with Gasteiger partial charge in [0.05, 0.1) is 4.88 Å². The van der Waals surface area contributed by atoms with E-state index in [1.165, 1.54) is 16.2 Å². The number of hydrogen-bond acceptors (Lipinski definition) is 4. The van der Waals surface area contributed by atoms with E-state index in [-0.39, 0.29) is 11.6 Å². The lowest BCUT2D eigenvalue weighted by Gasteiger charge is -2.14. The first-order valence-corrected chi connectivity index (χ1v) is 5.21. The zero-order chi connectivity index (χ0) is 11.3. The van der Waals surface area contributed by atoms with Crippen LogP contribution >= 0.6 is 11.3 Å². The minimum Gasteiger partial charge on any atom is -0.410 e. The highest BCUT2D eigenvalue weighted by molar-refractivity contribution is 7.13. The van der Waals surface area contributed by atoms with Crippen molar-refractivity contribution in [3.8, 4) is 0 Å². The van der Waals surface area contributed by atoms with Crippen LogP contribution in [0.4, 0.5) is 0 Å². The maximum absolute atomic E-state index is 11.8. The molecule has 4 nitrogen and oxygen atoms in total. The van der Waals surface area contributed by atoms with Crippen LogP contribution < -0.4 is 0 Å². The van der Waals surface area contributed by atoms with Crippen LogP contribution in [0.1, 0.15) is 4.88 Å². The summed E-state index contributed by atoms with van der Waals surface area (Å²) >= 11 is 1.36. The molecule has 1 amide bonds. The van der Waals surface area contributed by atoms with Crippen molar-refractivity contribution in [3.63, 3.8) is 0 Å². The molecule has 80 valence electrons. The highest BCUT2D eigenvalue weighted by Gasteiger charge is 2.18. The normalized spacial score (nSPS) is 11.1. The quantitative estimate of drug-likeness (QED) is 0.365. The van der Waals surface area contributed by atoms with Crippen LogP contribution in [0.15, 0.2) is 35.3 Å². The largest absolute Gasteiger partial charge is 0.410 e. The molecule has 15 heavy (non-hydrogen) atoms. The standard InChI is InChI=1S/C10H12N2O2S/c1-3-6-12(2)10(13)9(11-14)8-5-4-7-15-8/h3-5,7,14H,1,6H2,2H3/b11-9-. The molecule has 0 radical (unpaired) electrons. The van der Waals surface area contributed by atoms with Crippen LogP contribution in [0.3, 0.4) is 0 Å². The lowest BCUT2D eigenvalue weighted by atomic mass is 10.2. The molecule has 0 spiro atoms. The number of thiophene rings is 1. The fourth-order valence-corrected chi connectivity index (χ4v) is 1.77. The average Bonchev–Trinajstić information content (AvgIpc) is 2.72. The lowest BCUT2D eigenvalue weighted by molar-refractivity contribution is -0.122. The Morgan fingerprint density at radius 3 is 3.00 bits per heavy atom. The molecule has 0 aliphatic rings. The molecule has 1 aromatic heterocycles. The zero-order valence-electron chi connectivity index (χ0n) is 8.38. The number of amides is 1. The molecule has 0 saturated heterocycles. The van der Waals surface area contributed by atoms with Crippen LogP contribution in [-0.2, 0) is 4.79 Å². The molecule has 1 aromatic rings. The number of hydrogen-bond donors (Lipinski definition) is 1. The first-order chi connectivity index (χ1) is 7.20. The van der Waals surface area contributed by atoms with Crippen molar-refractivity contribution in [2.45, 2.75) is 0 Å². The molecule has 1 rings (SSSR count). The molecule has 0 unspecified atom stereocenters. The number of rotatable bonds is 4. The molecule has 5 heteroatoms. The van der Waals surface area contributed by atoms with E-state index < -0.39 is 0 Å². The van der Waals surface area contributed by atoms with Gasteiger partial charge in [0, 0.05) is 13.6 Å². The lowest BCUT2D eigenvalue weighted by Crippen LogP contribution is -2.33. The molecular weight excluding hydrogens is 212 g/mol. The summed E-state index contributed by atoms with van der Waals surface area (Å²) in [5, 5.41) is 13.7. The van der Waals surface area contributed by atoms with Crippen LogP contribution in [0.25, 0.3) is 0 Å². The Kier molecular flexibility index (Phi) is 4.05. The maximum Gasteiger partial charge on any atom is 0.277 e. The topological polar surface area (TPSA) is 52.9 Å². The average molecular weight is 224 g/mol. The Labute approximate surface area is 92.1 Å². The van der Waals surface area contributed by atoms with Crippen molar-refractivity contribution in [1.29, 1.82) is 0 Å². The van der Waals surface area contributed by atoms with Crippen molar-refractivity contribution < 1.29 is 10.0 Å². The summed E-state index contributed by atoms with van der Waals surface area (Å²) in [6.07, 6.45) is 1.61. The van der Waals surface area contributed by atoms with Gasteiger partial charge in [-0.2, -0.15) is 0 Å². The van der Waals surface area contributed by atoms with Gasteiger partial charge in [-0.3, -0.25) is 4.79 Å². The number of nitrogens with zero attached hydrogens (tertiary/aromatic N) is 2. The predicted molar refractivity (Wildman–Crippen MR) is 60.5 cm³/mol. The third-order valence-electron chi connectivity index (χ3n) is 1.81. The van der Waals surface area contributed by atoms with Gasteiger partial charge in [0.15, 0.2) is 5.71 Å². The summed E-state index contributed by atoms with van der Waals surface area (Å²) in [6.45, 7) is 3.96. The third kappa shape index (κ3) is 2.66. The Morgan fingerprint density at radius 2 is 2.53 bits per heavy atom. The van der Waals surface area contributed by atoms with E-state index in [4.69, 9.17) is 5.21 Å². The van der Waals surface area contributed by atoms with E-state index in [9.17, 15) is 4.79 Å². The number of carbonyl (C=O) groups is 1. The number of likely N-dealkylation sites (N-methyl/N-ethyl adjacent to an activating group) is 1. The van der Waals surface area contributed by atoms with Gasteiger partial charge in [0.1, 0.15) is 0 Å². The van der Waals surface area contributed by atoms with Crippen molar-refractivity contribution in [1.82, 2.24) is 4.90 Å². The molecule has 1 heterocycles. The first kappa shape index (κ1) is 11.5. The minimum atomic E-state index is -0.320. The van der Waals surface area contributed by atoms with Gasteiger partial charge in [-0.25, -0.2) is 0 Å². The maximum atomic E-state index is 11.8. The highest BCUT2D eigenvalue weighted by atomic mass is 32.1. The van der Waals surface area contributed by atoms with Crippen LogP contribution in [0.5, 0.6) is 0 Å². The van der Waals surface area contributed by atoms with Gasteiger partial charge in [-0.15, -0.1) is 17.9 Å². The summed E-state index contributed by atoms with van der Waals surface area (Å²) in [6, 6.07) is 3.53. The van der Waals surface area contributed by atoms with E-state index >= 15 is 0 Å². The van der Waals surface area contributed by atoms with Crippen molar-refractivity contribution in [2.24, 2.45) is 5.16 Å². The van der Waals surface area contributed by atoms with Crippen LogP contribution in [-0.4, -0.2) is 35.3 Å². The van der Waals surface area contributed by atoms with Gasteiger partial charge in [0.25, 0.3) is 5.91 Å². The second-order valence-corrected chi connectivity index (χ2v) is 3.85. The fourth-order valence-electron chi connectivity index (χ4n) is 1.07.